The molecule has 0 heterocycles. The van der Waals surface area contributed by atoms with E-state index < -0.39 is 0 Å². The van der Waals surface area contributed by atoms with Crippen molar-refractivity contribution in [2.24, 2.45) is 11.8 Å². The van der Waals surface area contributed by atoms with Gasteiger partial charge in [-0.2, -0.15) is 0 Å². The van der Waals surface area contributed by atoms with Gasteiger partial charge in [-0.1, -0.05) is 12.2 Å². The Labute approximate surface area is 59.9 Å². The van der Waals surface area contributed by atoms with Crippen molar-refractivity contribution in [1.82, 2.24) is 0 Å². The highest BCUT2D eigenvalue weighted by Gasteiger charge is 2.36. The maximum atomic E-state index is 9.99. The molecule has 10 heavy (non-hydrogen) atoms. The first-order valence-electron chi connectivity index (χ1n) is 3.67. The van der Waals surface area contributed by atoms with Crippen molar-refractivity contribution in [3.05, 3.63) is 12.2 Å². The van der Waals surface area contributed by atoms with Gasteiger partial charge in [-0.25, -0.2) is 0 Å². The van der Waals surface area contributed by atoms with Gasteiger partial charge in [0.2, 0.25) is 0 Å². The van der Waals surface area contributed by atoms with Crippen LogP contribution in [-0.2, 0) is 9.53 Å². The lowest BCUT2D eigenvalue weighted by molar-refractivity contribution is -0.134. The quantitative estimate of drug-likeness (QED) is 0.422. The predicted molar refractivity (Wildman–Crippen MR) is 36.3 cm³/mol. The molecule has 2 nitrogen and oxygen atoms in total. The second-order valence-electron chi connectivity index (χ2n) is 3.05. The lowest BCUT2D eigenvalue weighted by atomic mass is 10.1. The summed E-state index contributed by atoms with van der Waals surface area (Å²) in [4.78, 5) is 9.99. The molecule has 0 aromatic carbocycles. The van der Waals surface area contributed by atoms with E-state index in [2.05, 4.69) is 12.2 Å². The number of hydrogen-bond donors (Lipinski definition) is 0. The van der Waals surface area contributed by atoms with Gasteiger partial charge in [0.05, 0.1) is 0 Å². The van der Waals surface area contributed by atoms with Crippen LogP contribution in [0.2, 0.25) is 0 Å². The molecule has 0 aliphatic heterocycles. The molecule has 1 fully saturated rings. The fraction of sp³-hybridized carbons (Fsp3) is 0.625. The number of fused-ring (bicyclic) bond motifs is 2. The summed E-state index contributed by atoms with van der Waals surface area (Å²) in [5, 5.41) is 0. The van der Waals surface area contributed by atoms with Crippen molar-refractivity contribution in [3.63, 3.8) is 0 Å². The lowest BCUT2D eigenvalue weighted by Crippen LogP contribution is -2.16. The Balaban J connectivity index is 2.02. The number of ether oxygens (including phenoxy) is 1. The van der Waals surface area contributed by atoms with Crippen LogP contribution < -0.4 is 0 Å². The average Bonchev–Trinajstić information content (AvgIpc) is 2.48. The van der Waals surface area contributed by atoms with Gasteiger partial charge in [0.15, 0.2) is 0 Å². The van der Waals surface area contributed by atoms with Gasteiger partial charge in [0.25, 0.3) is 6.47 Å². The summed E-state index contributed by atoms with van der Waals surface area (Å²) in [6.07, 6.45) is 6.82. The minimum Gasteiger partial charge on any atom is -0.464 e. The molecule has 2 aliphatic carbocycles. The SMILES string of the molecule is O=CO[C@H]1C[C@H]2C=C[C@@H]1C2. The molecule has 2 aliphatic rings. The maximum absolute atomic E-state index is 9.99. The van der Waals surface area contributed by atoms with Crippen LogP contribution in [-0.4, -0.2) is 12.6 Å². The van der Waals surface area contributed by atoms with Crippen molar-refractivity contribution in [3.8, 4) is 0 Å². The van der Waals surface area contributed by atoms with Crippen molar-refractivity contribution >= 4 is 6.47 Å². The lowest BCUT2D eigenvalue weighted by Gasteiger charge is -2.14. The van der Waals surface area contributed by atoms with E-state index >= 15 is 0 Å². The number of rotatable bonds is 2. The number of hydrogen-bond acceptors (Lipinski definition) is 2. The fourth-order valence-corrected chi connectivity index (χ4v) is 1.96. The van der Waals surface area contributed by atoms with Crippen LogP contribution >= 0.6 is 0 Å². The Bertz CT molecular complexity index is 174. The molecular formula is C8H10O2. The third kappa shape index (κ3) is 0.753. The van der Waals surface area contributed by atoms with E-state index in [-0.39, 0.29) is 6.10 Å². The minimum atomic E-state index is 0.187. The van der Waals surface area contributed by atoms with Crippen LogP contribution in [0, 0.1) is 11.8 Å². The number of carbonyl (C=O) groups excluding carboxylic acids is 1. The summed E-state index contributed by atoms with van der Waals surface area (Å²) in [6.45, 7) is 0.569. The van der Waals surface area contributed by atoms with Crippen molar-refractivity contribution < 1.29 is 9.53 Å². The number of allylic oxidation sites excluding steroid dienone is 1. The second-order valence-corrected chi connectivity index (χ2v) is 3.05. The Morgan fingerprint density at radius 1 is 1.40 bits per heavy atom. The first kappa shape index (κ1) is 5.96. The molecule has 54 valence electrons. The van der Waals surface area contributed by atoms with Gasteiger partial charge >= 0.3 is 0 Å². The van der Waals surface area contributed by atoms with Gasteiger partial charge in [0.1, 0.15) is 6.10 Å². The molecule has 0 radical (unpaired) electrons. The van der Waals surface area contributed by atoms with E-state index in [4.69, 9.17) is 4.74 Å². The molecule has 0 aromatic rings. The second kappa shape index (κ2) is 2.11. The molecule has 2 rings (SSSR count). The topological polar surface area (TPSA) is 26.3 Å². The van der Waals surface area contributed by atoms with Crippen molar-refractivity contribution in [1.29, 1.82) is 0 Å². The first-order chi connectivity index (χ1) is 4.90. The first-order valence-corrected chi connectivity index (χ1v) is 3.67. The Kier molecular flexibility index (Phi) is 1.26. The molecule has 1 saturated carbocycles. The minimum absolute atomic E-state index is 0.187. The highest BCUT2D eigenvalue weighted by Crippen LogP contribution is 2.40. The third-order valence-corrected chi connectivity index (χ3v) is 2.45. The van der Waals surface area contributed by atoms with Gasteiger partial charge in [-0.05, 0) is 18.8 Å². The average molecular weight is 138 g/mol. The van der Waals surface area contributed by atoms with Crippen LogP contribution in [0.25, 0.3) is 0 Å². The van der Waals surface area contributed by atoms with Crippen LogP contribution in [0.3, 0.4) is 0 Å². The highest BCUT2D eigenvalue weighted by atomic mass is 16.5. The molecule has 2 bridgehead atoms. The van der Waals surface area contributed by atoms with Gasteiger partial charge in [-0.15, -0.1) is 0 Å². The van der Waals surface area contributed by atoms with Crippen molar-refractivity contribution in [2.45, 2.75) is 18.9 Å². The van der Waals surface area contributed by atoms with E-state index in [9.17, 15) is 4.79 Å². The summed E-state index contributed by atoms with van der Waals surface area (Å²) in [5.41, 5.74) is 0. The molecule has 0 spiro atoms. The Hall–Kier alpha value is -0.790. The molecular weight excluding hydrogens is 128 g/mol. The molecule has 0 amide bonds. The van der Waals surface area contributed by atoms with E-state index in [0.717, 1.165) is 6.42 Å². The van der Waals surface area contributed by atoms with Crippen LogP contribution in [0.5, 0.6) is 0 Å². The van der Waals surface area contributed by atoms with E-state index in [1.165, 1.54) is 6.42 Å². The smallest absolute Gasteiger partial charge is 0.293 e. The molecule has 0 N–H and O–H groups in total. The normalized spacial score (nSPS) is 42.2. The zero-order valence-corrected chi connectivity index (χ0v) is 5.69. The molecule has 0 aromatic heterocycles. The van der Waals surface area contributed by atoms with Crippen LogP contribution in [0.1, 0.15) is 12.8 Å². The zero-order valence-electron chi connectivity index (χ0n) is 5.69. The Morgan fingerprint density at radius 2 is 2.30 bits per heavy atom. The summed E-state index contributed by atoms with van der Waals surface area (Å²) >= 11 is 0. The van der Waals surface area contributed by atoms with Crippen LogP contribution in [0.4, 0.5) is 0 Å². The summed E-state index contributed by atoms with van der Waals surface area (Å²) in [5.74, 6) is 1.21. The Morgan fingerprint density at radius 3 is 2.80 bits per heavy atom. The number of carbonyl (C=O) groups is 1. The molecule has 0 unspecified atom stereocenters. The molecule has 3 atom stereocenters. The highest BCUT2D eigenvalue weighted by molar-refractivity contribution is 5.38. The predicted octanol–water partition coefficient (Wildman–Crippen LogP) is 1.12. The summed E-state index contributed by atoms with van der Waals surface area (Å²) < 4.78 is 4.90. The monoisotopic (exact) mass is 138 g/mol. The van der Waals surface area contributed by atoms with E-state index in [1.54, 1.807) is 0 Å². The van der Waals surface area contributed by atoms with Crippen molar-refractivity contribution in [2.75, 3.05) is 0 Å². The van der Waals surface area contributed by atoms with Crippen LogP contribution in [0.15, 0.2) is 12.2 Å². The molecule has 2 heteroatoms. The largest absolute Gasteiger partial charge is 0.464 e. The van der Waals surface area contributed by atoms with Gasteiger partial charge in [0, 0.05) is 5.92 Å². The fourth-order valence-electron chi connectivity index (χ4n) is 1.96. The van der Waals surface area contributed by atoms with E-state index in [0.29, 0.717) is 18.3 Å². The summed E-state index contributed by atoms with van der Waals surface area (Å²) in [7, 11) is 0. The third-order valence-electron chi connectivity index (χ3n) is 2.45. The van der Waals surface area contributed by atoms with Gasteiger partial charge < -0.3 is 4.74 Å². The maximum Gasteiger partial charge on any atom is 0.293 e. The molecule has 0 saturated heterocycles. The summed E-state index contributed by atoms with van der Waals surface area (Å²) in [6, 6.07) is 0. The van der Waals surface area contributed by atoms with E-state index in [1.807, 2.05) is 0 Å². The van der Waals surface area contributed by atoms with Gasteiger partial charge in [-0.3, -0.25) is 4.79 Å². The zero-order chi connectivity index (χ0) is 6.97. The standard InChI is InChI=1S/C8H10O2/c9-5-10-8-4-6-1-2-7(8)3-6/h1-2,5-8H,3-4H2/t6-,7+,8-/m0/s1.